The predicted octanol–water partition coefficient (Wildman–Crippen LogP) is 1.63. The fourth-order valence-corrected chi connectivity index (χ4v) is 2.64. The molecule has 1 saturated heterocycles. The van der Waals surface area contributed by atoms with Crippen LogP contribution in [-0.2, 0) is 0 Å². The Labute approximate surface area is 87.9 Å². The Morgan fingerprint density at radius 2 is 2.21 bits per heavy atom. The molecule has 1 aromatic heterocycles. The highest BCUT2D eigenvalue weighted by molar-refractivity contribution is 8.00. The maximum atomic E-state index is 9.54. The molecule has 0 bridgehead atoms. The van der Waals surface area contributed by atoms with E-state index in [4.69, 9.17) is 0 Å². The van der Waals surface area contributed by atoms with Crippen LogP contribution in [-0.4, -0.2) is 28.4 Å². The van der Waals surface area contributed by atoms with Crippen molar-refractivity contribution in [1.29, 1.82) is 0 Å². The van der Waals surface area contributed by atoms with Crippen molar-refractivity contribution in [3.8, 4) is 5.75 Å². The van der Waals surface area contributed by atoms with E-state index in [1.54, 1.807) is 30.1 Å². The lowest BCUT2D eigenvalue weighted by molar-refractivity contribution is 0.456. The Balaban J connectivity index is 1.99. The lowest BCUT2D eigenvalue weighted by atomic mass is 10.2. The molecule has 0 saturated carbocycles. The van der Waals surface area contributed by atoms with Crippen molar-refractivity contribution >= 4 is 11.8 Å². The molecule has 1 aliphatic rings. The summed E-state index contributed by atoms with van der Waals surface area (Å²) < 4.78 is 0. The van der Waals surface area contributed by atoms with Crippen molar-refractivity contribution in [2.24, 2.45) is 0 Å². The van der Waals surface area contributed by atoms with Crippen LogP contribution in [0.5, 0.6) is 5.75 Å². The quantitative estimate of drug-likeness (QED) is 0.779. The zero-order valence-electron chi connectivity index (χ0n) is 7.94. The zero-order valence-corrected chi connectivity index (χ0v) is 8.76. The van der Waals surface area contributed by atoms with E-state index in [-0.39, 0.29) is 0 Å². The molecule has 76 valence electrons. The molecule has 0 spiro atoms. The molecule has 0 unspecified atom stereocenters. The van der Waals surface area contributed by atoms with E-state index < -0.39 is 0 Å². The minimum atomic E-state index is 0.302. The normalized spacial score (nSPS) is 18.3. The fourth-order valence-electron chi connectivity index (χ4n) is 1.54. The van der Waals surface area contributed by atoms with E-state index in [0.29, 0.717) is 11.0 Å². The number of rotatable bonds is 2. The lowest BCUT2D eigenvalue weighted by Crippen LogP contribution is -2.29. The van der Waals surface area contributed by atoms with Gasteiger partial charge in [-0.3, -0.25) is 0 Å². The number of pyridine rings is 1. The minimum absolute atomic E-state index is 0.302. The summed E-state index contributed by atoms with van der Waals surface area (Å²) in [6.07, 6.45) is 4.03. The van der Waals surface area contributed by atoms with E-state index in [1.165, 1.54) is 0 Å². The first-order valence-corrected chi connectivity index (χ1v) is 5.75. The zero-order chi connectivity index (χ0) is 9.80. The summed E-state index contributed by atoms with van der Waals surface area (Å²) in [4.78, 5) is 4.16. The Kier molecular flexibility index (Phi) is 3.26. The van der Waals surface area contributed by atoms with Crippen molar-refractivity contribution < 1.29 is 5.11 Å². The SMILES string of the molecule is Oc1cccnc1SC1CCNCC1. The van der Waals surface area contributed by atoms with Gasteiger partial charge in [0.15, 0.2) is 0 Å². The number of hydrogen-bond acceptors (Lipinski definition) is 4. The molecule has 3 nitrogen and oxygen atoms in total. The molecular weight excluding hydrogens is 196 g/mol. The van der Waals surface area contributed by atoms with Gasteiger partial charge in [-0.1, -0.05) is 11.8 Å². The molecule has 1 aliphatic heterocycles. The number of aromatic nitrogens is 1. The van der Waals surface area contributed by atoms with Gasteiger partial charge in [-0.15, -0.1) is 0 Å². The Hall–Kier alpha value is -0.740. The fraction of sp³-hybridized carbons (Fsp3) is 0.500. The maximum absolute atomic E-state index is 9.54. The van der Waals surface area contributed by atoms with Crippen LogP contribution in [0.15, 0.2) is 23.4 Å². The molecule has 4 heteroatoms. The summed E-state index contributed by atoms with van der Waals surface area (Å²) in [5, 5.41) is 14.2. The second-order valence-electron chi connectivity index (χ2n) is 3.39. The third-order valence-corrected chi connectivity index (χ3v) is 3.66. The summed E-state index contributed by atoms with van der Waals surface area (Å²) in [6, 6.07) is 3.44. The van der Waals surface area contributed by atoms with Gasteiger partial charge in [-0.2, -0.15) is 0 Å². The number of thioether (sulfide) groups is 1. The largest absolute Gasteiger partial charge is 0.505 e. The number of hydrogen-bond donors (Lipinski definition) is 2. The first kappa shape index (κ1) is 9.80. The van der Waals surface area contributed by atoms with Crippen LogP contribution in [0, 0.1) is 0 Å². The average Bonchev–Trinajstić information content (AvgIpc) is 2.23. The van der Waals surface area contributed by atoms with Gasteiger partial charge in [0.1, 0.15) is 10.8 Å². The van der Waals surface area contributed by atoms with Crippen molar-refractivity contribution in [1.82, 2.24) is 10.3 Å². The summed E-state index contributed by atoms with van der Waals surface area (Å²) in [7, 11) is 0. The van der Waals surface area contributed by atoms with E-state index in [9.17, 15) is 5.11 Å². The highest BCUT2D eigenvalue weighted by Gasteiger charge is 2.16. The van der Waals surface area contributed by atoms with Gasteiger partial charge in [-0.25, -0.2) is 4.98 Å². The third-order valence-electron chi connectivity index (χ3n) is 2.32. The van der Waals surface area contributed by atoms with Gasteiger partial charge >= 0.3 is 0 Å². The molecule has 2 rings (SSSR count). The number of nitrogens with zero attached hydrogens (tertiary/aromatic N) is 1. The Morgan fingerprint density at radius 3 is 2.93 bits per heavy atom. The van der Waals surface area contributed by atoms with E-state index in [1.807, 2.05) is 0 Å². The van der Waals surface area contributed by atoms with Crippen molar-refractivity contribution in [2.45, 2.75) is 23.1 Å². The van der Waals surface area contributed by atoms with Crippen LogP contribution in [0.4, 0.5) is 0 Å². The summed E-state index contributed by atoms with van der Waals surface area (Å²) in [6.45, 7) is 2.15. The smallest absolute Gasteiger partial charge is 0.147 e. The molecule has 1 aromatic rings. The van der Waals surface area contributed by atoms with Crippen LogP contribution >= 0.6 is 11.8 Å². The minimum Gasteiger partial charge on any atom is -0.505 e. The molecule has 2 heterocycles. The van der Waals surface area contributed by atoms with Crippen LogP contribution in [0.25, 0.3) is 0 Å². The summed E-state index contributed by atoms with van der Waals surface area (Å²) in [5.41, 5.74) is 0. The number of nitrogens with one attached hydrogen (secondary N) is 1. The van der Waals surface area contributed by atoms with Gasteiger partial charge in [0.25, 0.3) is 0 Å². The van der Waals surface area contributed by atoms with Crippen LogP contribution < -0.4 is 5.32 Å². The van der Waals surface area contributed by atoms with Gasteiger partial charge < -0.3 is 10.4 Å². The van der Waals surface area contributed by atoms with E-state index in [0.717, 1.165) is 31.0 Å². The van der Waals surface area contributed by atoms with Crippen molar-refractivity contribution in [3.05, 3.63) is 18.3 Å². The van der Waals surface area contributed by atoms with Crippen LogP contribution in [0.3, 0.4) is 0 Å². The monoisotopic (exact) mass is 210 g/mol. The van der Waals surface area contributed by atoms with E-state index >= 15 is 0 Å². The molecule has 0 amide bonds. The highest BCUT2D eigenvalue weighted by Crippen LogP contribution is 2.32. The average molecular weight is 210 g/mol. The van der Waals surface area contributed by atoms with Crippen molar-refractivity contribution in [3.63, 3.8) is 0 Å². The van der Waals surface area contributed by atoms with Crippen molar-refractivity contribution in [2.75, 3.05) is 13.1 Å². The number of piperidine rings is 1. The maximum Gasteiger partial charge on any atom is 0.147 e. The van der Waals surface area contributed by atoms with Gasteiger partial charge in [0.2, 0.25) is 0 Å². The standard InChI is InChI=1S/C10H14N2OS/c13-9-2-1-5-12-10(9)14-8-3-6-11-7-4-8/h1-2,5,8,11,13H,3-4,6-7H2. The van der Waals surface area contributed by atoms with E-state index in [2.05, 4.69) is 10.3 Å². The van der Waals surface area contributed by atoms with Gasteiger partial charge in [0.05, 0.1) is 0 Å². The van der Waals surface area contributed by atoms with Gasteiger partial charge in [-0.05, 0) is 38.1 Å². The van der Waals surface area contributed by atoms with Crippen LogP contribution in [0.1, 0.15) is 12.8 Å². The van der Waals surface area contributed by atoms with Crippen LogP contribution in [0.2, 0.25) is 0 Å². The molecule has 0 atom stereocenters. The summed E-state index contributed by atoms with van der Waals surface area (Å²) >= 11 is 1.69. The second kappa shape index (κ2) is 4.66. The third kappa shape index (κ3) is 2.39. The molecule has 0 aromatic carbocycles. The highest BCUT2D eigenvalue weighted by atomic mass is 32.2. The second-order valence-corrected chi connectivity index (χ2v) is 4.68. The molecule has 1 fully saturated rings. The molecule has 14 heavy (non-hydrogen) atoms. The summed E-state index contributed by atoms with van der Waals surface area (Å²) in [5.74, 6) is 0.302. The predicted molar refractivity (Wildman–Crippen MR) is 57.7 cm³/mol. The Bertz CT molecular complexity index is 300. The first-order valence-electron chi connectivity index (χ1n) is 4.87. The Morgan fingerprint density at radius 1 is 1.43 bits per heavy atom. The first-order chi connectivity index (χ1) is 6.86. The topological polar surface area (TPSA) is 45.2 Å². The molecule has 2 N–H and O–H groups in total. The molecule has 0 aliphatic carbocycles. The van der Waals surface area contributed by atoms with Gasteiger partial charge in [0, 0.05) is 11.4 Å². The lowest BCUT2D eigenvalue weighted by Gasteiger charge is -2.21. The number of aromatic hydroxyl groups is 1. The molecule has 0 radical (unpaired) electrons. The molecular formula is C10H14N2OS.